The van der Waals surface area contributed by atoms with Crippen LogP contribution in [0.5, 0.6) is 5.75 Å². The maximum Gasteiger partial charge on any atom is 0.338 e. The van der Waals surface area contributed by atoms with Crippen LogP contribution in [0.3, 0.4) is 0 Å². The number of hydrogen-bond donors (Lipinski definition) is 1. The van der Waals surface area contributed by atoms with Crippen molar-refractivity contribution in [2.24, 2.45) is 0 Å². The van der Waals surface area contributed by atoms with Gasteiger partial charge in [-0.2, -0.15) is 0 Å². The lowest BCUT2D eigenvalue weighted by atomic mass is 9.77. The number of unbranched alkanes of at least 4 members (excludes halogenated alkanes) is 13. The van der Waals surface area contributed by atoms with Gasteiger partial charge in [-0.3, -0.25) is 4.79 Å². The number of carbonyl (C=O) groups excluding carboxylic acids is 2. The second-order valence-electron chi connectivity index (χ2n) is 14.0. The van der Waals surface area contributed by atoms with Crippen LogP contribution in [0.25, 0.3) is 0 Å². The molecule has 2 rings (SSSR count). The van der Waals surface area contributed by atoms with Crippen LogP contribution in [0.2, 0.25) is 0 Å². The number of rotatable bonds is 18. The van der Waals surface area contributed by atoms with Gasteiger partial charge in [-0.15, -0.1) is 0 Å². The van der Waals surface area contributed by atoms with Crippen molar-refractivity contribution in [1.29, 1.82) is 0 Å². The molecule has 234 valence electrons. The summed E-state index contributed by atoms with van der Waals surface area (Å²) in [5.41, 5.74) is 1.81. The fourth-order valence-electron chi connectivity index (χ4n) is 5.46. The molecule has 0 atom stereocenters. The summed E-state index contributed by atoms with van der Waals surface area (Å²) in [6.45, 7) is 14.7. The number of hydrogen-bond acceptors (Lipinski definition) is 4. The van der Waals surface area contributed by atoms with Crippen molar-refractivity contribution in [2.75, 3.05) is 6.61 Å². The van der Waals surface area contributed by atoms with E-state index in [1.54, 1.807) is 36.4 Å². The van der Waals surface area contributed by atoms with E-state index in [0.29, 0.717) is 17.7 Å². The molecule has 42 heavy (non-hydrogen) atoms. The van der Waals surface area contributed by atoms with Crippen LogP contribution in [0.15, 0.2) is 36.4 Å². The van der Waals surface area contributed by atoms with E-state index in [2.05, 4.69) is 6.92 Å². The number of esters is 1. The van der Waals surface area contributed by atoms with Crippen molar-refractivity contribution in [3.05, 3.63) is 64.2 Å². The molecule has 4 nitrogen and oxygen atoms in total. The molecule has 1 N–H and O–H groups in total. The number of benzene rings is 2. The summed E-state index contributed by atoms with van der Waals surface area (Å²) in [6, 6.07) is 10.4. The number of aromatic hydroxyl groups is 1. The first-order chi connectivity index (χ1) is 19.9. The first-order valence-electron chi connectivity index (χ1n) is 16.6. The highest BCUT2D eigenvalue weighted by atomic mass is 16.5. The van der Waals surface area contributed by atoms with E-state index in [-0.39, 0.29) is 27.9 Å². The minimum Gasteiger partial charge on any atom is -0.507 e. The summed E-state index contributed by atoms with van der Waals surface area (Å²) in [7, 11) is 0. The predicted molar refractivity (Wildman–Crippen MR) is 176 cm³/mol. The van der Waals surface area contributed by atoms with Crippen LogP contribution in [0.4, 0.5) is 0 Å². The second kappa shape index (κ2) is 17.5. The maximum absolute atomic E-state index is 13.8. The lowest BCUT2D eigenvalue weighted by molar-refractivity contribution is 0.0495. The van der Waals surface area contributed by atoms with Gasteiger partial charge in [-0.05, 0) is 35.4 Å². The number of ether oxygens (including phenoxy) is 1. The van der Waals surface area contributed by atoms with Crippen molar-refractivity contribution >= 4 is 11.8 Å². The number of carbonyl (C=O) groups is 2. The van der Waals surface area contributed by atoms with Gasteiger partial charge in [0, 0.05) is 22.3 Å². The van der Waals surface area contributed by atoms with Gasteiger partial charge in [0.2, 0.25) is 0 Å². The fraction of sp³-hybridized carbons (Fsp3) is 0.632. The number of phenols is 1. The highest BCUT2D eigenvalue weighted by Crippen LogP contribution is 2.40. The minimum atomic E-state index is -0.459. The van der Waals surface area contributed by atoms with Gasteiger partial charge >= 0.3 is 5.97 Å². The van der Waals surface area contributed by atoms with E-state index >= 15 is 0 Å². The van der Waals surface area contributed by atoms with Crippen LogP contribution in [-0.2, 0) is 15.6 Å². The summed E-state index contributed by atoms with van der Waals surface area (Å²) in [4.78, 5) is 26.8. The Kier molecular flexibility index (Phi) is 14.8. The van der Waals surface area contributed by atoms with Gasteiger partial charge in [0.1, 0.15) is 5.75 Å². The fourth-order valence-corrected chi connectivity index (χ4v) is 5.46. The molecular formula is C38H58O4. The molecule has 0 amide bonds. The van der Waals surface area contributed by atoms with Crippen LogP contribution in [0.1, 0.15) is 176 Å². The van der Waals surface area contributed by atoms with Gasteiger partial charge in [0.25, 0.3) is 0 Å². The van der Waals surface area contributed by atoms with Crippen molar-refractivity contribution in [2.45, 2.75) is 149 Å². The number of phenolic OH excluding ortho intramolecular Hbond substituents is 1. The van der Waals surface area contributed by atoms with Crippen molar-refractivity contribution < 1.29 is 19.4 Å². The third-order valence-corrected chi connectivity index (χ3v) is 8.11. The molecule has 2 aromatic rings. The standard InChI is InChI=1S/C38H58O4/c1-8-9-10-11-12-13-14-15-16-17-18-19-20-23-26-42-36(41)31-25-22-21-24-30(31)34(39)29-27-32(37(2,3)4)35(40)33(28-29)38(5,6)7/h21-22,24-25,27-28,40H,8-20,23,26H2,1-7H3. The Bertz CT molecular complexity index is 1080. The Hall–Kier alpha value is -2.62. The second-order valence-corrected chi connectivity index (χ2v) is 14.0. The minimum absolute atomic E-state index is 0.229. The molecular weight excluding hydrogens is 520 g/mol. The van der Waals surface area contributed by atoms with Gasteiger partial charge < -0.3 is 9.84 Å². The summed E-state index contributed by atoms with van der Waals surface area (Å²) >= 11 is 0. The third-order valence-electron chi connectivity index (χ3n) is 8.11. The lowest BCUT2D eigenvalue weighted by Crippen LogP contribution is -2.20. The Balaban J connectivity index is 1.87. The zero-order valence-corrected chi connectivity index (χ0v) is 27.7. The molecule has 0 aliphatic heterocycles. The van der Waals surface area contributed by atoms with E-state index in [4.69, 9.17) is 4.74 Å². The molecule has 0 unspecified atom stereocenters. The van der Waals surface area contributed by atoms with Crippen LogP contribution in [0, 0.1) is 0 Å². The molecule has 4 heteroatoms. The SMILES string of the molecule is CCCCCCCCCCCCCCCCOC(=O)c1ccccc1C(=O)c1cc(C(C)(C)C)c(O)c(C(C)(C)C)c1. The number of ketones is 1. The molecule has 0 aliphatic carbocycles. The molecule has 0 saturated carbocycles. The summed E-state index contributed by atoms with van der Waals surface area (Å²) in [5.74, 6) is -0.470. The monoisotopic (exact) mass is 578 g/mol. The zero-order chi connectivity index (χ0) is 31.2. The average molecular weight is 579 g/mol. The van der Waals surface area contributed by atoms with E-state index in [1.165, 1.54) is 70.6 Å². The predicted octanol–water partition coefficient (Wildman–Crippen LogP) is 10.9. The van der Waals surface area contributed by atoms with Gasteiger partial charge in [0.05, 0.1) is 12.2 Å². The molecule has 0 radical (unpaired) electrons. The van der Waals surface area contributed by atoms with Crippen molar-refractivity contribution in [3.8, 4) is 5.75 Å². The molecule has 0 heterocycles. The maximum atomic E-state index is 13.8. The molecule has 0 aromatic heterocycles. The Labute approximate surface area is 256 Å². The molecule has 0 aliphatic rings. The van der Waals surface area contributed by atoms with Crippen LogP contribution >= 0.6 is 0 Å². The largest absolute Gasteiger partial charge is 0.507 e. The topological polar surface area (TPSA) is 63.6 Å². The van der Waals surface area contributed by atoms with Gasteiger partial charge in [-0.1, -0.05) is 150 Å². The van der Waals surface area contributed by atoms with Gasteiger partial charge in [-0.25, -0.2) is 4.79 Å². The summed E-state index contributed by atoms with van der Waals surface area (Å²) in [6.07, 6.45) is 17.9. The zero-order valence-electron chi connectivity index (χ0n) is 27.7. The van der Waals surface area contributed by atoms with Crippen molar-refractivity contribution in [3.63, 3.8) is 0 Å². The Morgan fingerprint density at radius 3 is 1.48 bits per heavy atom. The van der Waals surface area contributed by atoms with Crippen LogP contribution < -0.4 is 0 Å². The molecule has 0 bridgehead atoms. The average Bonchev–Trinajstić information content (AvgIpc) is 2.93. The third kappa shape index (κ3) is 11.6. The quantitative estimate of drug-likeness (QED) is 0.109. The lowest BCUT2D eigenvalue weighted by Gasteiger charge is -2.28. The normalized spacial score (nSPS) is 12.0. The smallest absolute Gasteiger partial charge is 0.338 e. The van der Waals surface area contributed by atoms with E-state index < -0.39 is 5.97 Å². The van der Waals surface area contributed by atoms with E-state index in [9.17, 15) is 14.7 Å². The summed E-state index contributed by atoms with van der Waals surface area (Å²) < 4.78 is 5.61. The van der Waals surface area contributed by atoms with E-state index in [0.717, 1.165) is 30.4 Å². The first-order valence-corrected chi connectivity index (χ1v) is 16.6. The Morgan fingerprint density at radius 1 is 0.643 bits per heavy atom. The molecule has 2 aromatic carbocycles. The van der Waals surface area contributed by atoms with Crippen LogP contribution in [-0.4, -0.2) is 23.5 Å². The van der Waals surface area contributed by atoms with Crippen molar-refractivity contribution in [1.82, 2.24) is 0 Å². The molecule has 0 saturated heterocycles. The molecule has 0 fully saturated rings. The summed E-state index contributed by atoms with van der Waals surface area (Å²) in [5, 5.41) is 11.1. The highest BCUT2D eigenvalue weighted by molar-refractivity contribution is 6.14. The highest BCUT2D eigenvalue weighted by Gasteiger charge is 2.29. The first kappa shape index (κ1) is 35.6. The van der Waals surface area contributed by atoms with Gasteiger partial charge in [0.15, 0.2) is 5.78 Å². The molecule has 0 spiro atoms. The Morgan fingerprint density at radius 2 is 1.05 bits per heavy atom. The van der Waals surface area contributed by atoms with E-state index in [1.807, 2.05) is 41.5 Å².